The van der Waals surface area contributed by atoms with Crippen LogP contribution in [0, 0.1) is 6.07 Å². The van der Waals surface area contributed by atoms with E-state index in [9.17, 15) is 0 Å². The largest absolute Gasteiger partial charge is 1.00 e. The molecule has 4 heteroatoms. The van der Waals surface area contributed by atoms with Gasteiger partial charge < -0.3 is 9.31 Å². The topological polar surface area (TPSA) is 18.5 Å². The summed E-state index contributed by atoms with van der Waals surface area (Å²) in [6, 6.07) is 21.0. The third-order valence-corrected chi connectivity index (χ3v) is 3.22. The van der Waals surface area contributed by atoms with Gasteiger partial charge in [0, 0.05) is 0 Å². The molecule has 2 nitrogen and oxygen atoms in total. The van der Waals surface area contributed by atoms with Crippen LogP contribution in [-0.2, 0) is 9.31 Å². The average molecular weight is 261 g/mol. The van der Waals surface area contributed by atoms with Gasteiger partial charge in [-0.2, -0.15) is 30.3 Å². The first kappa shape index (κ1) is 17.1. The van der Waals surface area contributed by atoms with Crippen molar-refractivity contribution in [2.24, 2.45) is 0 Å². The standard InChI is InChI=1S/C16H19BO2.Li/c1-3-18-17(19-4-2,15-11-7-5-8-12-15)16-13-9-6-10-14-16;/h5,7-14H,3-4H2,1-2H3;/q-2;+1. The van der Waals surface area contributed by atoms with E-state index in [2.05, 4.69) is 18.2 Å². The van der Waals surface area contributed by atoms with E-state index in [4.69, 9.17) is 9.31 Å². The smallest absolute Gasteiger partial charge is 0.562 e. The fourth-order valence-electron chi connectivity index (χ4n) is 2.45. The van der Waals surface area contributed by atoms with Gasteiger partial charge in [-0.15, -0.1) is 5.46 Å². The van der Waals surface area contributed by atoms with Crippen LogP contribution in [0.3, 0.4) is 0 Å². The summed E-state index contributed by atoms with van der Waals surface area (Å²) in [7, 11) is 0. The predicted octanol–water partition coefficient (Wildman–Crippen LogP) is -0.880. The van der Waals surface area contributed by atoms with Crippen molar-refractivity contribution in [2.45, 2.75) is 13.8 Å². The number of hydrogen-bond acceptors (Lipinski definition) is 2. The fraction of sp³-hybridized carbons (Fsp3) is 0.250. The minimum absolute atomic E-state index is 0. The summed E-state index contributed by atoms with van der Waals surface area (Å²) < 4.78 is 12.1. The number of hydrogen-bond donors (Lipinski definition) is 0. The molecule has 2 aromatic rings. The monoisotopic (exact) mass is 261 g/mol. The van der Waals surface area contributed by atoms with E-state index in [0.29, 0.717) is 13.2 Å². The quantitative estimate of drug-likeness (QED) is 0.496. The van der Waals surface area contributed by atoms with Gasteiger partial charge in [0.25, 0.3) is 6.55 Å². The zero-order valence-electron chi connectivity index (χ0n) is 12.5. The first-order valence-corrected chi connectivity index (χ1v) is 6.77. The Hall–Kier alpha value is -0.978. The Morgan fingerprint density at radius 1 is 0.850 bits per heavy atom. The van der Waals surface area contributed by atoms with Crippen molar-refractivity contribution in [1.82, 2.24) is 0 Å². The summed E-state index contributed by atoms with van der Waals surface area (Å²) in [5.74, 6) is 0. The second-order valence-electron chi connectivity index (χ2n) is 4.37. The number of benzene rings is 2. The maximum Gasteiger partial charge on any atom is 1.00 e. The summed E-state index contributed by atoms with van der Waals surface area (Å²) in [6.07, 6.45) is 0. The molecular weight excluding hydrogens is 242 g/mol. The first-order valence-electron chi connectivity index (χ1n) is 6.77. The van der Waals surface area contributed by atoms with E-state index in [0.717, 1.165) is 10.9 Å². The molecule has 0 aromatic heterocycles. The molecule has 2 rings (SSSR count). The molecule has 0 atom stereocenters. The van der Waals surface area contributed by atoms with Crippen LogP contribution in [0.1, 0.15) is 13.8 Å². The molecule has 0 amide bonds. The summed E-state index contributed by atoms with van der Waals surface area (Å²) in [5, 5.41) is 0. The average Bonchev–Trinajstić information content (AvgIpc) is 2.49. The molecule has 0 heterocycles. The molecule has 0 fully saturated rings. The van der Waals surface area contributed by atoms with Crippen LogP contribution in [0.4, 0.5) is 0 Å². The van der Waals surface area contributed by atoms with Gasteiger partial charge >= 0.3 is 18.9 Å². The van der Waals surface area contributed by atoms with Crippen LogP contribution < -0.4 is 29.8 Å². The van der Waals surface area contributed by atoms with Crippen molar-refractivity contribution in [1.29, 1.82) is 0 Å². The van der Waals surface area contributed by atoms with Gasteiger partial charge in [-0.25, -0.2) is 0 Å². The molecule has 0 radical (unpaired) electrons. The van der Waals surface area contributed by atoms with Crippen LogP contribution in [0.25, 0.3) is 0 Å². The molecule has 0 bridgehead atoms. The second-order valence-corrected chi connectivity index (χ2v) is 4.37. The maximum absolute atomic E-state index is 6.07. The van der Waals surface area contributed by atoms with Crippen molar-refractivity contribution in [3.63, 3.8) is 0 Å². The minimum atomic E-state index is -1.61. The summed E-state index contributed by atoms with van der Waals surface area (Å²) in [5.41, 5.74) is 2.12. The summed E-state index contributed by atoms with van der Waals surface area (Å²) in [4.78, 5) is 0. The SMILES string of the molecule is CCO[B-](OCC)(c1cc[c-]cc1)c1ccccc1.[Li+]. The third-order valence-electron chi connectivity index (χ3n) is 3.22. The van der Waals surface area contributed by atoms with Gasteiger partial charge in [-0.1, -0.05) is 30.3 Å². The fourth-order valence-corrected chi connectivity index (χ4v) is 2.45. The Morgan fingerprint density at radius 2 is 1.35 bits per heavy atom. The van der Waals surface area contributed by atoms with Gasteiger partial charge in [0.05, 0.1) is 0 Å². The normalized spacial score (nSPS) is 10.9. The van der Waals surface area contributed by atoms with Crippen molar-refractivity contribution in [3.05, 3.63) is 60.7 Å². The van der Waals surface area contributed by atoms with Gasteiger partial charge in [-0.3, -0.25) is 5.46 Å². The van der Waals surface area contributed by atoms with E-state index in [1.165, 1.54) is 0 Å². The van der Waals surface area contributed by atoms with Gasteiger partial charge in [0.15, 0.2) is 0 Å². The summed E-state index contributed by atoms with van der Waals surface area (Å²) in [6.45, 7) is 3.58. The molecule has 0 saturated carbocycles. The molecule has 0 spiro atoms. The van der Waals surface area contributed by atoms with Crippen molar-refractivity contribution >= 4 is 17.5 Å². The van der Waals surface area contributed by atoms with E-state index in [1.54, 1.807) is 0 Å². The first-order chi connectivity index (χ1) is 9.33. The zero-order chi connectivity index (χ0) is 13.6. The van der Waals surface area contributed by atoms with Crippen LogP contribution >= 0.6 is 0 Å². The maximum atomic E-state index is 6.07. The Labute approximate surface area is 133 Å². The molecule has 20 heavy (non-hydrogen) atoms. The minimum Gasteiger partial charge on any atom is -0.562 e. The van der Waals surface area contributed by atoms with E-state index < -0.39 is 6.55 Å². The van der Waals surface area contributed by atoms with Crippen molar-refractivity contribution in [2.75, 3.05) is 13.2 Å². The van der Waals surface area contributed by atoms with Crippen LogP contribution in [0.15, 0.2) is 54.6 Å². The Morgan fingerprint density at radius 3 is 1.85 bits per heavy atom. The molecule has 0 aliphatic heterocycles. The molecular formula is C16H19BLiO2-. The molecule has 2 aromatic carbocycles. The third kappa shape index (κ3) is 3.56. The Kier molecular flexibility index (Phi) is 7.12. The van der Waals surface area contributed by atoms with Crippen molar-refractivity contribution in [3.8, 4) is 0 Å². The van der Waals surface area contributed by atoms with E-state index >= 15 is 0 Å². The van der Waals surface area contributed by atoms with Crippen molar-refractivity contribution < 1.29 is 28.2 Å². The van der Waals surface area contributed by atoms with Crippen LogP contribution in [0.5, 0.6) is 0 Å². The Bertz CT molecular complexity index is 443. The van der Waals surface area contributed by atoms with Gasteiger partial charge in [-0.05, 0) is 27.1 Å². The molecule has 0 saturated heterocycles. The predicted molar refractivity (Wildman–Crippen MR) is 80.0 cm³/mol. The molecule has 0 aliphatic rings. The molecule has 0 unspecified atom stereocenters. The molecule has 0 aliphatic carbocycles. The van der Waals surface area contributed by atoms with E-state index in [-0.39, 0.29) is 18.9 Å². The second kappa shape index (κ2) is 8.34. The van der Waals surface area contributed by atoms with Gasteiger partial charge in [0.1, 0.15) is 0 Å². The van der Waals surface area contributed by atoms with Crippen LogP contribution in [-0.4, -0.2) is 19.8 Å². The zero-order valence-corrected chi connectivity index (χ0v) is 12.5. The van der Waals surface area contributed by atoms with E-state index in [1.807, 2.05) is 56.3 Å². The Balaban J connectivity index is 0.00000200. The molecule has 100 valence electrons. The molecule has 0 N–H and O–H groups in total. The van der Waals surface area contributed by atoms with Crippen LogP contribution in [0.2, 0.25) is 0 Å². The number of rotatable bonds is 6. The summed E-state index contributed by atoms with van der Waals surface area (Å²) >= 11 is 0. The van der Waals surface area contributed by atoms with Gasteiger partial charge in [0.2, 0.25) is 0 Å².